The number of rotatable bonds is 6. The zero-order chi connectivity index (χ0) is 20.8. The van der Waals surface area contributed by atoms with Gasteiger partial charge in [0, 0.05) is 31.2 Å². The van der Waals surface area contributed by atoms with Crippen LogP contribution in [0.3, 0.4) is 0 Å². The summed E-state index contributed by atoms with van der Waals surface area (Å²) < 4.78 is 5.62. The quantitative estimate of drug-likeness (QED) is 0.524. The maximum atomic E-state index is 12.0. The van der Waals surface area contributed by atoms with E-state index in [-0.39, 0.29) is 28.0 Å². The standard InChI is InChI=1S/C19H14Cl2N4O4/c20-14-9-22-10-15(21)17(14)25-19(28)24-8-11-1-3-12(4-2-11)29-13-5-6-23-16(7-13)18(26)27/h1-7,9-10H,8H2,(H,26,27)(H2,22,24,25,28). The van der Waals surface area contributed by atoms with E-state index in [1.54, 1.807) is 30.3 Å². The molecule has 1 aromatic carbocycles. The van der Waals surface area contributed by atoms with Gasteiger partial charge in [-0.05, 0) is 23.8 Å². The van der Waals surface area contributed by atoms with E-state index >= 15 is 0 Å². The number of nitrogens with one attached hydrogen (secondary N) is 2. The Bertz CT molecular complexity index is 1020. The lowest BCUT2D eigenvalue weighted by Gasteiger charge is -2.11. The Morgan fingerprint density at radius 1 is 1.03 bits per heavy atom. The molecular weight excluding hydrogens is 419 g/mol. The molecule has 0 aliphatic heterocycles. The number of carboxylic acid groups (broad SMARTS) is 1. The number of urea groups is 1. The Morgan fingerprint density at radius 2 is 1.72 bits per heavy atom. The van der Waals surface area contributed by atoms with Crippen molar-refractivity contribution in [2.45, 2.75) is 6.54 Å². The lowest BCUT2D eigenvalue weighted by molar-refractivity contribution is 0.0690. The van der Waals surface area contributed by atoms with Crippen LogP contribution in [-0.2, 0) is 6.54 Å². The topological polar surface area (TPSA) is 113 Å². The smallest absolute Gasteiger partial charge is 0.354 e. The van der Waals surface area contributed by atoms with Crippen LogP contribution in [0.4, 0.5) is 10.5 Å². The van der Waals surface area contributed by atoms with Crippen molar-refractivity contribution >= 4 is 40.9 Å². The van der Waals surface area contributed by atoms with Gasteiger partial charge in [0.15, 0.2) is 5.69 Å². The van der Waals surface area contributed by atoms with Crippen molar-refractivity contribution in [1.82, 2.24) is 15.3 Å². The van der Waals surface area contributed by atoms with Crippen LogP contribution in [0, 0.1) is 0 Å². The third-order valence-electron chi connectivity index (χ3n) is 3.65. The molecule has 2 aromatic heterocycles. The summed E-state index contributed by atoms with van der Waals surface area (Å²) in [5.74, 6) is -0.269. The van der Waals surface area contributed by atoms with E-state index in [0.29, 0.717) is 11.5 Å². The molecule has 0 saturated heterocycles. The van der Waals surface area contributed by atoms with Gasteiger partial charge < -0.3 is 20.5 Å². The van der Waals surface area contributed by atoms with Crippen molar-refractivity contribution < 1.29 is 19.4 Å². The molecule has 0 aliphatic rings. The third-order valence-corrected chi connectivity index (χ3v) is 4.23. The fraction of sp³-hybridized carbons (Fsp3) is 0.0526. The number of carbonyl (C=O) groups excluding carboxylic acids is 1. The fourth-order valence-electron chi connectivity index (χ4n) is 2.27. The Kier molecular flexibility index (Phi) is 6.48. The zero-order valence-corrected chi connectivity index (χ0v) is 16.2. The highest BCUT2D eigenvalue weighted by Crippen LogP contribution is 2.28. The van der Waals surface area contributed by atoms with Gasteiger partial charge in [0.2, 0.25) is 0 Å². The normalized spacial score (nSPS) is 10.3. The number of hydrogen-bond acceptors (Lipinski definition) is 5. The van der Waals surface area contributed by atoms with Crippen LogP contribution in [0.2, 0.25) is 10.0 Å². The van der Waals surface area contributed by atoms with Crippen LogP contribution >= 0.6 is 23.2 Å². The summed E-state index contributed by atoms with van der Waals surface area (Å²) in [5, 5.41) is 14.7. The van der Waals surface area contributed by atoms with Crippen molar-refractivity contribution in [3.05, 3.63) is 76.3 Å². The highest BCUT2D eigenvalue weighted by atomic mass is 35.5. The maximum Gasteiger partial charge on any atom is 0.354 e. The third kappa shape index (κ3) is 5.56. The molecule has 3 rings (SSSR count). The Hall–Kier alpha value is -3.36. The number of aromatic nitrogens is 2. The first-order valence-electron chi connectivity index (χ1n) is 8.22. The van der Waals surface area contributed by atoms with Crippen molar-refractivity contribution in [3.8, 4) is 11.5 Å². The van der Waals surface area contributed by atoms with Gasteiger partial charge in [-0.15, -0.1) is 0 Å². The van der Waals surface area contributed by atoms with Crippen LogP contribution in [0.1, 0.15) is 16.1 Å². The Labute approximate surface area is 175 Å². The molecule has 0 spiro atoms. The highest BCUT2D eigenvalue weighted by molar-refractivity contribution is 6.39. The molecule has 0 fully saturated rings. The van der Waals surface area contributed by atoms with Crippen molar-refractivity contribution in [3.63, 3.8) is 0 Å². The van der Waals surface area contributed by atoms with E-state index in [0.717, 1.165) is 5.56 Å². The summed E-state index contributed by atoms with van der Waals surface area (Å²) in [6, 6.07) is 9.35. The molecule has 10 heteroatoms. The summed E-state index contributed by atoms with van der Waals surface area (Å²) in [6.07, 6.45) is 4.12. The first kappa shape index (κ1) is 20.4. The summed E-state index contributed by atoms with van der Waals surface area (Å²) in [7, 11) is 0. The first-order chi connectivity index (χ1) is 13.9. The monoisotopic (exact) mass is 432 g/mol. The van der Waals surface area contributed by atoms with Gasteiger partial charge in [0.25, 0.3) is 0 Å². The lowest BCUT2D eigenvalue weighted by Crippen LogP contribution is -2.28. The molecule has 8 nitrogen and oxygen atoms in total. The summed E-state index contributed by atoms with van der Waals surface area (Å²) in [5.41, 5.74) is 0.992. The number of nitrogens with zero attached hydrogens (tertiary/aromatic N) is 2. The average Bonchev–Trinajstić information content (AvgIpc) is 2.70. The van der Waals surface area contributed by atoms with Crippen molar-refractivity contribution in [2.24, 2.45) is 0 Å². The molecule has 0 aliphatic carbocycles. The van der Waals surface area contributed by atoms with Crippen LogP contribution in [0.25, 0.3) is 0 Å². The molecule has 3 N–H and O–H groups in total. The molecule has 2 heterocycles. The summed E-state index contributed by atoms with van der Waals surface area (Å²) in [4.78, 5) is 30.5. The van der Waals surface area contributed by atoms with E-state index in [1.807, 2.05) is 0 Å². The number of anilines is 1. The van der Waals surface area contributed by atoms with Gasteiger partial charge in [-0.2, -0.15) is 0 Å². The van der Waals surface area contributed by atoms with Gasteiger partial charge in [0.05, 0.1) is 15.7 Å². The van der Waals surface area contributed by atoms with E-state index < -0.39 is 12.0 Å². The second kappa shape index (κ2) is 9.22. The number of ether oxygens (including phenoxy) is 1. The van der Waals surface area contributed by atoms with E-state index in [1.165, 1.54) is 24.7 Å². The minimum atomic E-state index is -1.13. The Balaban J connectivity index is 1.56. The van der Waals surface area contributed by atoms with E-state index in [4.69, 9.17) is 33.0 Å². The molecule has 0 saturated carbocycles. The maximum absolute atomic E-state index is 12.0. The Morgan fingerprint density at radius 3 is 2.38 bits per heavy atom. The minimum absolute atomic E-state index is 0.108. The van der Waals surface area contributed by atoms with Crippen molar-refractivity contribution in [2.75, 3.05) is 5.32 Å². The highest BCUT2D eigenvalue weighted by Gasteiger charge is 2.10. The second-order valence-corrected chi connectivity index (χ2v) is 6.53. The molecule has 3 aromatic rings. The molecule has 0 unspecified atom stereocenters. The second-order valence-electron chi connectivity index (χ2n) is 5.71. The summed E-state index contributed by atoms with van der Waals surface area (Å²) in [6.45, 7) is 0.255. The van der Waals surface area contributed by atoms with Crippen LogP contribution in [-0.4, -0.2) is 27.1 Å². The minimum Gasteiger partial charge on any atom is -0.477 e. The van der Waals surface area contributed by atoms with Crippen LogP contribution in [0.5, 0.6) is 11.5 Å². The number of hydrogen-bond donors (Lipinski definition) is 3. The van der Waals surface area contributed by atoms with Crippen LogP contribution < -0.4 is 15.4 Å². The van der Waals surface area contributed by atoms with Gasteiger partial charge in [0.1, 0.15) is 11.5 Å². The summed E-state index contributed by atoms with van der Waals surface area (Å²) >= 11 is 11.9. The number of benzene rings is 1. The first-order valence-corrected chi connectivity index (χ1v) is 8.98. The molecule has 148 valence electrons. The fourth-order valence-corrected chi connectivity index (χ4v) is 2.73. The number of halogens is 2. The number of pyridine rings is 2. The lowest BCUT2D eigenvalue weighted by atomic mass is 10.2. The van der Waals surface area contributed by atoms with Gasteiger partial charge >= 0.3 is 12.0 Å². The number of amides is 2. The SMILES string of the molecule is O=C(NCc1ccc(Oc2ccnc(C(=O)O)c2)cc1)Nc1c(Cl)cncc1Cl. The van der Waals surface area contributed by atoms with Gasteiger partial charge in [-0.25, -0.2) is 14.6 Å². The molecule has 0 bridgehead atoms. The van der Waals surface area contributed by atoms with E-state index in [2.05, 4.69) is 20.6 Å². The predicted octanol–water partition coefficient (Wildman–Crippen LogP) is 4.60. The molecular formula is C19H14Cl2N4O4. The van der Waals surface area contributed by atoms with Gasteiger partial charge in [-0.1, -0.05) is 35.3 Å². The number of carboxylic acids is 1. The molecule has 2 amide bonds. The predicted molar refractivity (Wildman–Crippen MR) is 108 cm³/mol. The molecule has 29 heavy (non-hydrogen) atoms. The van der Waals surface area contributed by atoms with Crippen molar-refractivity contribution in [1.29, 1.82) is 0 Å². The molecule has 0 atom stereocenters. The number of aromatic carboxylic acids is 1. The largest absolute Gasteiger partial charge is 0.477 e. The zero-order valence-electron chi connectivity index (χ0n) is 14.7. The van der Waals surface area contributed by atoms with E-state index in [9.17, 15) is 9.59 Å². The van der Waals surface area contributed by atoms with Crippen LogP contribution in [0.15, 0.2) is 55.0 Å². The number of carbonyl (C=O) groups is 2. The average molecular weight is 433 g/mol. The van der Waals surface area contributed by atoms with Gasteiger partial charge in [-0.3, -0.25) is 4.98 Å². The molecule has 0 radical (unpaired) electrons.